The van der Waals surface area contributed by atoms with Crippen molar-refractivity contribution < 1.29 is 24.2 Å². The van der Waals surface area contributed by atoms with Crippen molar-refractivity contribution in [2.24, 2.45) is 5.92 Å². The third kappa shape index (κ3) is 7.04. The maximum Gasteiger partial charge on any atom is 0.308 e. The minimum absolute atomic E-state index is 0.00935. The Labute approximate surface area is 255 Å². The molecule has 3 aliphatic heterocycles. The lowest BCUT2D eigenvalue weighted by molar-refractivity contribution is -0.144. The van der Waals surface area contributed by atoms with Gasteiger partial charge in [0.25, 0.3) is 5.91 Å². The van der Waals surface area contributed by atoms with E-state index < -0.39 is 11.9 Å². The molecule has 0 bridgehead atoms. The zero-order valence-corrected chi connectivity index (χ0v) is 25.8. The van der Waals surface area contributed by atoms with Crippen molar-refractivity contribution in [3.8, 4) is 5.75 Å². The predicted octanol–water partition coefficient (Wildman–Crippen LogP) is 3.72. The Morgan fingerprint density at radius 3 is 2.58 bits per heavy atom. The number of benzene rings is 2. The molecule has 0 aromatic heterocycles. The smallest absolute Gasteiger partial charge is 0.308 e. The van der Waals surface area contributed by atoms with Gasteiger partial charge >= 0.3 is 5.97 Å². The SMILES string of the molecule is CCCCN(CCCN(C)C)C(=O)CN1C[C@H](c2ccc3c(c2)CCO3)[C@@H](C(=O)O)[C@@H]1CCN1Cc2ccccc2C1=O. The Balaban J connectivity index is 1.37. The van der Waals surface area contributed by atoms with E-state index in [4.69, 9.17) is 4.74 Å². The minimum atomic E-state index is -0.855. The van der Waals surface area contributed by atoms with E-state index in [1.807, 2.05) is 60.3 Å². The van der Waals surface area contributed by atoms with Gasteiger partial charge in [0.2, 0.25) is 5.91 Å². The summed E-state index contributed by atoms with van der Waals surface area (Å²) < 4.78 is 5.71. The average molecular weight is 591 g/mol. The molecule has 3 aliphatic rings. The van der Waals surface area contributed by atoms with Gasteiger partial charge in [-0.3, -0.25) is 19.3 Å². The molecule has 0 saturated carbocycles. The van der Waals surface area contributed by atoms with E-state index in [0.717, 1.165) is 60.2 Å². The summed E-state index contributed by atoms with van der Waals surface area (Å²) in [6, 6.07) is 13.3. The van der Waals surface area contributed by atoms with Crippen LogP contribution in [0, 0.1) is 5.92 Å². The van der Waals surface area contributed by atoms with Crippen LogP contribution in [0.1, 0.15) is 65.6 Å². The van der Waals surface area contributed by atoms with Crippen molar-refractivity contribution in [2.45, 2.75) is 57.5 Å². The molecule has 9 heteroatoms. The number of rotatable bonds is 14. The second-order valence-corrected chi connectivity index (χ2v) is 12.5. The fraction of sp³-hybridized carbons (Fsp3) is 0.559. The Morgan fingerprint density at radius 1 is 1.05 bits per heavy atom. The van der Waals surface area contributed by atoms with Gasteiger partial charge in [0.15, 0.2) is 0 Å². The molecule has 232 valence electrons. The molecule has 1 saturated heterocycles. The number of hydrogen-bond acceptors (Lipinski definition) is 6. The first-order valence-corrected chi connectivity index (χ1v) is 15.8. The highest BCUT2D eigenvalue weighted by Crippen LogP contribution is 2.41. The molecule has 2 amide bonds. The van der Waals surface area contributed by atoms with Gasteiger partial charge in [-0.25, -0.2) is 0 Å². The molecule has 3 atom stereocenters. The summed E-state index contributed by atoms with van der Waals surface area (Å²) in [6.07, 6.45) is 4.13. The summed E-state index contributed by atoms with van der Waals surface area (Å²) in [6.45, 7) is 6.70. The maximum absolute atomic E-state index is 13.8. The number of carbonyl (C=O) groups excluding carboxylic acids is 2. The Kier molecular flexibility index (Phi) is 10.0. The van der Waals surface area contributed by atoms with E-state index in [2.05, 4.69) is 22.8 Å². The minimum Gasteiger partial charge on any atom is -0.493 e. The number of nitrogens with zero attached hydrogens (tertiary/aromatic N) is 4. The number of hydrogen-bond donors (Lipinski definition) is 1. The number of likely N-dealkylation sites (tertiary alicyclic amines) is 1. The zero-order chi connectivity index (χ0) is 30.5. The second kappa shape index (κ2) is 13.9. The topological polar surface area (TPSA) is 93.6 Å². The Hall–Kier alpha value is -3.43. The van der Waals surface area contributed by atoms with Crippen LogP contribution in [-0.2, 0) is 22.6 Å². The fourth-order valence-electron chi connectivity index (χ4n) is 6.97. The maximum atomic E-state index is 13.8. The lowest BCUT2D eigenvalue weighted by Crippen LogP contribution is -2.46. The van der Waals surface area contributed by atoms with Gasteiger partial charge in [0.05, 0.1) is 19.1 Å². The van der Waals surface area contributed by atoms with Crippen LogP contribution >= 0.6 is 0 Å². The van der Waals surface area contributed by atoms with E-state index >= 15 is 0 Å². The van der Waals surface area contributed by atoms with Gasteiger partial charge in [0.1, 0.15) is 5.75 Å². The van der Waals surface area contributed by atoms with Crippen molar-refractivity contribution in [3.05, 3.63) is 64.7 Å². The van der Waals surface area contributed by atoms with Gasteiger partial charge < -0.3 is 24.5 Å². The van der Waals surface area contributed by atoms with E-state index in [1.165, 1.54) is 0 Å². The molecule has 0 aliphatic carbocycles. The summed E-state index contributed by atoms with van der Waals surface area (Å²) in [5.41, 5.74) is 3.82. The summed E-state index contributed by atoms with van der Waals surface area (Å²) >= 11 is 0. The highest BCUT2D eigenvalue weighted by molar-refractivity contribution is 5.98. The number of carboxylic acids is 1. The molecule has 0 spiro atoms. The molecule has 2 aromatic rings. The first-order valence-electron chi connectivity index (χ1n) is 15.8. The zero-order valence-electron chi connectivity index (χ0n) is 25.8. The van der Waals surface area contributed by atoms with Crippen molar-refractivity contribution in [2.75, 3.05) is 60.0 Å². The molecule has 1 N–H and O–H groups in total. The molecule has 3 heterocycles. The van der Waals surface area contributed by atoms with E-state index in [-0.39, 0.29) is 30.3 Å². The number of amides is 2. The van der Waals surface area contributed by atoms with Gasteiger partial charge in [-0.15, -0.1) is 0 Å². The molecule has 5 rings (SSSR count). The standard InChI is InChI=1S/C34H46N4O5/c1-4-5-16-36(17-8-15-35(2)3)31(39)23-38-22-28(24-11-12-30-25(20-24)14-19-43-30)32(34(41)42)29(38)13-18-37-21-26-9-6-7-10-27(26)33(37)40/h6-7,9-12,20,28-29,32H,4-5,8,13-19,21-23H2,1-3H3,(H,41,42)/t28-,29+,32-/m1/s1. The fourth-order valence-corrected chi connectivity index (χ4v) is 6.97. The van der Waals surface area contributed by atoms with Gasteiger partial charge in [-0.2, -0.15) is 0 Å². The number of unbranched alkanes of at least 4 members (excludes halogenated alkanes) is 1. The molecule has 0 unspecified atom stereocenters. The highest BCUT2D eigenvalue weighted by Gasteiger charge is 2.47. The second-order valence-electron chi connectivity index (χ2n) is 12.5. The number of carbonyl (C=O) groups is 3. The molecule has 1 fully saturated rings. The third-order valence-corrected chi connectivity index (χ3v) is 9.27. The molecule has 2 aromatic carbocycles. The summed E-state index contributed by atoms with van der Waals surface area (Å²) in [5, 5.41) is 10.6. The van der Waals surface area contributed by atoms with E-state index in [1.54, 1.807) is 0 Å². The van der Waals surface area contributed by atoms with Crippen LogP contribution in [0.4, 0.5) is 0 Å². The number of carboxylic acid groups (broad SMARTS) is 1. The van der Waals surface area contributed by atoms with E-state index in [0.29, 0.717) is 45.8 Å². The van der Waals surface area contributed by atoms with Crippen LogP contribution in [0.25, 0.3) is 0 Å². The third-order valence-electron chi connectivity index (χ3n) is 9.27. The Morgan fingerprint density at radius 2 is 1.84 bits per heavy atom. The lowest BCUT2D eigenvalue weighted by Gasteiger charge is -2.31. The normalized spacial score (nSPS) is 21.3. The van der Waals surface area contributed by atoms with Crippen LogP contribution in [0.3, 0.4) is 0 Å². The molecule has 0 radical (unpaired) electrons. The van der Waals surface area contributed by atoms with Crippen molar-refractivity contribution in [1.82, 2.24) is 19.6 Å². The summed E-state index contributed by atoms with van der Waals surface area (Å²) in [7, 11) is 4.07. The van der Waals surface area contributed by atoms with Crippen LogP contribution in [0.2, 0.25) is 0 Å². The average Bonchev–Trinajstić information content (AvgIpc) is 3.68. The largest absolute Gasteiger partial charge is 0.493 e. The first-order chi connectivity index (χ1) is 20.8. The van der Waals surface area contributed by atoms with Gasteiger partial charge in [0, 0.05) is 56.7 Å². The summed E-state index contributed by atoms with van der Waals surface area (Å²) in [4.78, 5) is 47.9. The van der Waals surface area contributed by atoms with Gasteiger partial charge in [-0.05, 0) is 68.7 Å². The highest BCUT2D eigenvalue weighted by atomic mass is 16.5. The van der Waals surface area contributed by atoms with Crippen LogP contribution in [0.5, 0.6) is 5.75 Å². The lowest BCUT2D eigenvalue weighted by atomic mass is 9.83. The summed E-state index contributed by atoms with van der Waals surface area (Å²) in [5.74, 6) is -0.893. The van der Waals surface area contributed by atoms with Crippen LogP contribution < -0.4 is 4.74 Å². The molecule has 43 heavy (non-hydrogen) atoms. The first kappa shape index (κ1) is 31.0. The Bertz CT molecular complexity index is 1310. The van der Waals surface area contributed by atoms with Crippen molar-refractivity contribution in [3.63, 3.8) is 0 Å². The number of aliphatic carboxylic acids is 1. The quantitative estimate of drug-likeness (QED) is 0.359. The molecule has 9 nitrogen and oxygen atoms in total. The molecular weight excluding hydrogens is 544 g/mol. The number of ether oxygens (including phenoxy) is 1. The molecular formula is C34H46N4O5. The van der Waals surface area contributed by atoms with Crippen molar-refractivity contribution >= 4 is 17.8 Å². The van der Waals surface area contributed by atoms with Crippen molar-refractivity contribution in [1.29, 1.82) is 0 Å². The monoisotopic (exact) mass is 590 g/mol. The van der Waals surface area contributed by atoms with Crippen LogP contribution in [0.15, 0.2) is 42.5 Å². The van der Waals surface area contributed by atoms with Gasteiger partial charge in [-0.1, -0.05) is 43.7 Å². The van der Waals surface area contributed by atoms with Crippen LogP contribution in [-0.4, -0.2) is 109 Å². The van der Waals surface area contributed by atoms with E-state index in [9.17, 15) is 19.5 Å². The number of fused-ring (bicyclic) bond motifs is 2. The predicted molar refractivity (Wildman–Crippen MR) is 165 cm³/mol.